The topological polar surface area (TPSA) is 55.2 Å². The Morgan fingerprint density at radius 2 is 1.95 bits per heavy atom. The monoisotopic (exact) mass is 293 g/mol. The number of oxazole rings is 1. The van der Waals surface area contributed by atoms with Gasteiger partial charge in [-0.3, -0.25) is 0 Å². The molecule has 3 rings (SSSR count). The van der Waals surface area contributed by atoms with Gasteiger partial charge in [-0.25, -0.2) is 4.79 Å². The first-order valence-electron chi connectivity index (χ1n) is 6.87. The van der Waals surface area contributed by atoms with E-state index in [2.05, 4.69) is 11.6 Å². The van der Waals surface area contributed by atoms with Crippen molar-refractivity contribution in [3.05, 3.63) is 87.0 Å². The molecule has 0 aliphatic rings. The van der Waals surface area contributed by atoms with Crippen molar-refractivity contribution in [2.45, 2.75) is 6.61 Å². The predicted molar refractivity (Wildman–Crippen MR) is 84.9 cm³/mol. The number of nitrogens with one attached hydrogen (secondary N) is 1. The molecule has 0 bridgehead atoms. The fraction of sp³-hybridized carbons (Fsp3) is 0.0556. The highest BCUT2D eigenvalue weighted by molar-refractivity contribution is 5.50. The predicted octanol–water partition coefficient (Wildman–Crippen LogP) is 1.79. The van der Waals surface area contributed by atoms with Crippen LogP contribution in [0, 0.1) is 0 Å². The summed E-state index contributed by atoms with van der Waals surface area (Å²) in [6.45, 7) is 4.06. The lowest BCUT2D eigenvalue weighted by molar-refractivity contribution is 0.306. The van der Waals surface area contributed by atoms with Crippen molar-refractivity contribution in [1.29, 1.82) is 0 Å². The fourth-order valence-electron chi connectivity index (χ4n) is 2.09. The Bertz CT molecular complexity index is 923. The van der Waals surface area contributed by atoms with Gasteiger partial charge < -0.3 is 14.1 Å². The normalized spacial score (nSPS) is 11.5. The first kappa shape index (κ1) is 13.9. The molecule has 22 heavy (non-hydrogen) atoms. The molecule has 0 saturated carbocycles. The summed E-state index contributed by atoms with van der Waals surface area (Å²) in [7, 11) is 0. The second-order valence-electron chi connectivity index (χ2n) is 4.84. The van der Waals surface area contributed by atoms with Gasteiger partial charge in [0, 0.05) is 0 Å². The Morgan fingerprint density at radius 3 is 2.68 bits per heavy atom. The molecule has 0 aliphatic heterocycles. The maximum absolute atomic E-state index is 11.5. The van der Waals surface area contributed by atoms with Crippen LogP contribution in [0.5, 0.6) is 5.75 Å². The van der Waals surface area contributed by atoms with Crippen molar-refractivity contribution in [3.8, 4) is 5.75 Å². The van der Waals surface area contributed by atoms with Crippen molar-refractivity contribution in [3.63, 3.8) is 0 Å². The second-order valence-corrected chi connectivity index (χ2v) is 4.84. The summed E-state index contributed by atoms with van der Waals surface area (Å²) in [6.07, 6.45) is 1.70. The van der Waals surface area contributed by atoms with Crippen LogP contribution >= 0.6 is 0 Å². The molecule has 1 aromatic heterocycles. The number of rotatable bonds is 4. The summed E-state index contributed by atoms with van der Waals surface area (Å²) in [5.41, 5.74) is 1.76. The first-order chi connectivity index (χ1) is 10.7. The molecule has 0 saturated heterocycles. The number of aromatic amines is 1. The molecule has 110 valence electrons. The zero-order valence-corrected chi connectivity index (χ0v) is 11.9. The van der Waals surface area contributed by atoms with E-state index in [0.717, 1.165) is 16.9 Å². The van der Waals surface area contributed by atoms with Gasteiger partial charge in [0.1, 0.15) is 17.7 Å². The summed E-state index contributed by atoms with van der Waals surface area (Å²) >= 11 is 0. The van der Waals surface area contributed by atoms with E-state index in [1.165, 1.54) is 0 Å². The molecule has 2 aromatic carbocycles. The van der Waals surface area contributed by atoms with E-state index in [9.17, 15) is 4.79 Å². The summed E-state index contributed by atoms with van der Waals surface area (Å²) in [4.78, 5) is 14.3. The lowest BCUT2D eigenvalue weighted by Crippen LogP contribution is -2.20. The van der Waals surface area contributed by atoms with Crippen molar-refractivity contribution in [2.75, 3.05) is 0 Å². The molecular formula is C18H15NO3. The SMILES string of the molecule is C=c1[nH]/c(=C\c2cccc(OCc3ccccc3)c2)c(=O)o1. The molecule has 0 atom stereocenters. The fourth-order valence-corrected chi connectivity index (χ4v) is 2.09. The van der Waals surface area contributed by atoms with Crippen molar-refractivity contribution in [2.24, 2.45) is 0 Å². The zero-order valence-electron chi connectivity index (χ0n) is 11.9. The minimum absolute atomic E-state index is 0.243. The van der Waals surface area contributed by atoms with Gasteiger partial charge in [-0.1, -0.05) is 42.5 Å². The average molecular weight is 293 g/mol. The van der Waals surface area contributed by atoms with Crippen LogP contribution in [0.15, 0.2) is 63.8 Å². The maximum atomic E-state index is 11.5. The number of benzene rings is 2. The second kappa shape index (κ2) is 6.18. The van der Waals surface area contributed by atoms with Gasteiger partial charge >= 0.3 is 5.63 Å². The van der Waals surface area contributed by atoms with Gasteiger partial charge in [0.25, 0.3) is 0 Å². The maximum Gasteiger partial charge on any atom is 0.361 e. The van der Waals surface area contributed by atoms with Gasteiger partial charge in [0.05, 0.1) is 0 Å². The smallest absolute Gasteiger partial charge is 0.361 e. The third-order valence-electron chi connectivity index (χ3n) is 3.13. The lowest BCUT2D eigenvalue weighted by Gasteiger charge is -2.06. The largest absolute Gasteiger partial charge is 0.489 e. The Balaban J connectivity index is 1.81. The number of ether oxygens (including phenoxy) is 1. The summed E-state index contributed by atoms with van der Waals surface area (Å²) < 4.78 is 10.6. The Labute approximate surface area is 127 Å². The molecule has 0 fully saturated rings. The molecule has 3 aromatic rings. The van der Waals surface area contributed by atoms with Crippen LogP contribution in [0.3, 0.4) is 0 Å². The molecule has 0 aliphatic carbocycles. The third kappa shape index (κ3) is 3.35. The molecule has 0 spiro atoms. The summed E-state index contributed by atoms with van der Waals surface area (Å²) in [6, 6.07) is 17.5. The number of H-pyrrole nitrogens is 1. The highest BCUT2D eigenvalue weighted by Crippen LogP contribution is 2.15. The van der Waals surface area contributed by atoms with E-state index in [4.69, 9.17) is 9.15 Å². The Kier molecular flexibility index (Phi) is 3.92. The molecule has 4 heteroatoms. The van der Waals surface area contributed by atoms with Crippen LogP contribution < -0.4 is 21.3 Å². The van der Waals surface area contributed by atoms with E-state index >= 15 is 0 Å². The number of aromatic nitrogens is 1. The van der Waals surface area contributed by atoms with Gasteiger partial charge in [-0.05, 0) is 35.9 Å². The highest BCUT2D eigenvalue weighted by Gasteiger charge is 1.99. The quantitative estimate of drug-likeness (QED) is 0.798. The number of hydrogen-bond acceptors (Lipinski definition) is 3. The average Bonchev–Trinajstić information content (AvgIpc) is 2.84. The minimum Gasteiger partial charge on any atom is -0.489 e. The standard InChI is InChI=1S/C18H15NO3/c1-13-19-17(18(20)22-13)11-15-8-5-9-16(10-15)21-12-14-6-3-2-4-7-14/h2-11,19H,1,12H2/b17-11-. The zero-order chi connectivity index (χ0) is 15.4. The summed E-state index contributed by atoms with van der Waals surface area (Å²) in [5, 5.41) is 0.366. The van der Waals surface area contributed by atoms with Crippen LogP contribution in [-0.4, -0.2) is 4.98 Å². The third-order valence-corrected chi connectivity index (χ3v) is 3.13. The van der Waals surface area contributed by atoms with Gasteiger partial charge in [-0.2, -0.15) is 0 Å². The van der Waals surface area contributed by atoms with Gasteiger partial charge in [-0.15, -0.1) is 0 Å². The van der Waals surface area contributed by atoms with E-state index in [-0.39, 0.29) is 5.55 Å². The Hall–Kier alpha value is -3.01. The van der Waals surface area contributed by atoms with E-state index in [1.807, 2.05) is 54.6 Å². The molecule has 1 N–H and O–H groups in total. The van der Waals surface area contributed by atoms with Crippen LogP contribution in [0.2, 0.25) is 0 Å². The van der Waals surface area contributed by atoms with Crippen molar-refractivity contribution < 1.29 is 9.15 Å². The summed E-state index contributed by atoms with van der Waals surface area (Å²) in [5.74, 6) is 0.739. The number of hydrogen-bond donors (Lipinski definition) is 1. The van der Waals surface area contributed by atoms with E-state index in [1.54, 1.807) is 6.08 Å². The van der Waals surface area contributed by atoms with Crippen molar-refractivity contribution >= 4 is 12.7 Å². The van der Waals surface area contributed by atoms with E-state index in [0.29, 0.717) is 12.0 Å². The first-order valence-corrected chi connectivity index (χ1v) is 6.87. The van der Waals surface area contributed by atoms with Gasteiger partial charge in [0.15, 0.2) is 5.55 Å². The highest BCUT2D eigenvalue weighted by atomic mass is 16.5. The molecule has 0 radical (unpaired) electrons. The molecule has 0 unspecified atom stereocenters. The van der Waals surface area contributed by atoms with Crippen molar-refractivity contribution in [1.82, 2.24) is 4.98 Å². The molecule has 0 amide bonds. The Morgan fingerprint density at radius 1 is 1.14 bits per heavy atom. The van der Waals surface area contributed by atoms with Crippen LogP contribution in [0.25, 0.3) is 12.7 Å². The molecule has 4 nitrogen and oxygen atoms in total. The van der Waals surface area contributed by atoms with Gasteiger partial charge in [0.2, 0.25) is 0 Å². The molecule has 1 heterocycles. The van der Waals surface area contributed by atoms with Crippen LogP contribution in [0.4, 0.5) is 0 Å². The lowest BCUT2D eigenvalue weighted by atomic mass is 10.2. The van der Waals surface area contributed by atoms with Crippen LogP contribution in [0.1, 0.15) is 11.1 Å². The minimum atomic E-state index is -0.430. The van der Waals surface area contributed by atoms with E-state index < -0.39 is 5.63 Å². The van der Waals surface area contributed by atoms with Crippen LogP contribution in [-0.2, 0) is 6.61 Å². The molecular weight excluding hydrogens is 278 g/mol.